The van der Waals surface area contributed by atoms with Gasteiger partial charge in [0.1, 0.15) is 6.17 Å². The van der Waals surface area contributed by atoms with Crippen molar-refractivity contribution in [2.75, 3.05) is 0 Å². The van der Waals surface area contributed by atoms with Crippen LogP contribution >= 0.6 is 11.6 Å². The molecule has 2 aliphatic heterocycles. The van der Waals surface area contributed by atoms with Gasteiger partial charge in [0.15, 0.2) is 11.6 Å². The van der Waals surface area contributed by atoms with Crippen molar-refractivity contribution in [2.24, 2.45) is 4.99 Å². The first kappa shape index (κ1) is 12.6. The third-order valence-electron chi connectivity index (χ3n) is 3.72. The lowest BCUT2D eigenvalue weighted by molar-refractivity contribution is -0.113. The molecule has 100 valence electrons. The van der Waals surface area contributed by atoms with Crippen LogP contribution in [0.4, 0.5) is 0 Å². The summed E-state index contributed by atoms with van der Waals surface area (Å²) in [5.74, 6) is 0.552. The number of hydrazine groups is 1. The van der Waals surface area contributed by atoms with E-state index in [1.165, 1.54) is 0 Å². The lowest BCUT2D eigenvalue weighted by Crippen LogP contribution is -2.41. The molecular formula is C14H16ClN3O. The highest BCUT2D eigenvalue weighted by Crippen LogP contribution is 2.39. The van der Waals surface area contributed by atoms with E-state index in [2.05, 4.69) is 15.4 Å². The lowest BCUT2D eigenvalue weighted by atomic mass is 10.1. The van der Waals surface area contributed by atoms with E-state index >= 15 is 0 Å². The summed E-state index contributed by atoms with van der Waals surface area (Å²) in [7, 11) is 0. The number of benzene rings is 1. The molecule has 2 atom stereocenters. The van der Waals surface area contributed by atoms with Crippen molar-refractivity contribution in [3.05, 3.63) is 34.9 Å². The summed E-state index contributed by atoms with van der Waals surface area (Å²) >= 11 is 6.26. The van der Waals surface area contributed by atoms with Crippen molar-refractivity contribution in [3.8, 4) is 0 Å². The number of halogens is 1. The van der Waals surface area contributed by atoms with Crippen molar-refractivity contribution >= 4 is 23.2 Å². The maximum Gasteiger partial charge on any atom is 0.198 e. The number of hydrogen-bond donors (Lipinski definition) is 1. The second-order valence-corrected chi connectivity index (χ2v) is 5.28. The highest BCUT2D eigenvalue weighted by atomic mass is 35.5. The predicted octanol–water partition coefficient (Wildman–Crippen LogP) is 2.70. The van der Waals surface area contributed by atoms with E-state index in [-0.39, 0.29) is 18.0 Å². The standard InChI is InChI=1S/C14H16ClN3O/c1-2-12(19)14-16-13-8-7-11(18(13)17-14)9-5-3-4-6-10(9)15/h3-6,11,13H,2,7-8H2,1H3,(H,16,17)/t11-,13?/m0/s1. The Labute approximate surface area is 117 Å². The second kappa shape index (κ2) is 4.94. The SMILES string of the molecule is CCC(=O)C1=NC2CC[C@@H](c3ccccc3Cl)N2N1. The summed E-state index contributed by atoms with van der Waals surface area (Å²) < 4.78 is 0. The molecule has 1 aromatic carbocycles. The molecule has 0 aliphatic carbocycles. The van der Waals surface area contributed by atoms with Gasteiger partial charge in [0.25, 0.3) is 0 Å². The third-order valence-corrected chi connectivity index (χ3v) is 4.06. The number of nitrogens with zero attached hydrogens (tertiary/aromatic N) is 2. The topological polar surface area (TPSA) is 44.7 Å². The first-order valence-corrected chi connectivity index (χ1v) is 6.99. The highest BCUT2D eigenvalue weighted by molar-refractivity contribution is 6.39. The minimum absolute atomic E-state index is 0.0618. The van der Waals surface area contributed by atoms with Crippen molar-refractivity contribution in [2.45, 2.75) is 38.4 Å². The molecule has 1 fully saturated rings. The van der Waals surface area contributed by atoms with E-state index in [0.717, 1.165) is 23.4 Å². The van der Waals surface area contributed by atoms with Crippen molar-refractivity contribution in [1.82, 2.24) is 10.4 Å². The Balaban J connectivity index is 1.83. The minimum atomic E-state index is 0.0618. The Morgan fingerprint density at radius 1 is 1.47 bits per heavy atom. The number of rotatable bonds is 3. The van der Waals surface area contributed by atoms with E-state index in [1.807, 2.05) is 31.2 Å². The summed E-state index contributed by atoms with van der Waals surface area (Å²) in [5, 5.41) is 2.83. The molecule has 4 nitrogen and oxygen atoms in total. The molecule has 1 unspecified atom stereocenters. The molecule has 0 bridgehead atoms. The van der Waals surface area contributed by atoms with Gasteiger partial charge in [-0.3, -0.25) is 10.2 Å². The Morgan fingerprint density at radius 3 is 3.00 bits per heavy atom. The van der Waals surface area contributed by atoms with E-state index in [1.54, 1.807) is 0 Å². The molecule has 19 heavy (non-hydrogen) atoms. The summed E-state index contributed by atoms with van der Waals surface area (Å²) in [6.45, 7) is 1.85. The molecule has 2 aliphatic rings. The molecule has 2 heterocycles. The summed E-state index contributed by atoms with van der Waals surface area (Å²) in [6, 6.07) is 8.04. The maximum atomic E-state index is 11.7. The molecule has 1 aromatic rings. The van der Waals surface area contributed by atoms with Crippen molar-refractivity contribution in [1.29, 1.82) is 0 Å². The number of ketones is 1. The van der Waals surface area contributed by atoms with Crippen LogP contribution in [0.1, 0.15) is 37.8 Å². The molecule has 3 rings (SSSR count). The zero-order chi connectivity index (χ0) is 13.4. The van der Waals surface area contributed by atoms with Crippen molar-refractivity contribution in [3.63, 3.8) is 0 Å². The number of carbonyl (C=O) groups is 1. The average Bonchev–Trinajstić information content (AvgIpc) is 2.98. The van der Waals surface area contributed by atoms with Crippen LogP contribution in [0.15, 0.2) is 29.3 Å². The normalized spacial score (nSPS) is 25.9. The van der Waals surface area contributed by atoms with Crippen LogP contribution in [0.2, 0.25) is 5.02 Å². The van der Waals surface area contributed by atoms with Gasteiger partial charge in [0, 0.05) is 11.4 Å². The number of Topliss-reactive ketones (excluding diaryl/α,β-unsaturated/α-hetero) is 1. The van der Waals surface area contributed by atoms with Gasteiger partial charge in [0.2, 0.25) is 0 Å². The number of amidine groups is 1. The summed E-state index contributed by atoms with van der Waals surface area (Å²) in [5.41, 5.74) is 4.25. The van der Waals surface area contributed by atoms with E-state index < -0.39 is 0 Å². The van der Waals surface area contributed by atoms with E-state index in [0.29, 0.717) is 12.3 Å². The fourth-order valence-electron chi connectivity index (χ4n) is 2.72. The summed E-state index contributed by atoms with van der Waals surface area (Å²) in [6.07, 6.45) is 2.48. The lowest BCUT2D eigenvalue weighted by Gasteiger charge is -2.24. The van der Waals surface area contributed by atoms with Crippen molar-refractivity contribution < 1.29 is 4.79 Å². The Kier molecular flexibility index (Phi) is 3.29. The molecule has 0 radical (unpaired) electrons. The molecule has 0 saturated carbocycles. The van der Waals surface area contributed by atoms with Gasteiger partial charge in [-0.15, -0.1) is 0 Å². The first-order valence-electron chi connectivity index (χ1n) is 6.61. The zero-order valence-corrected chi connectivity index (χ0v) is 11.5. The van der Waals surface area contributed by atoms with Gasteiger partial charge < -0.3 is 0 Å². The monoisotopic (exact) mass is 277 g/mol. The maximum absolute atomic E-state index is 11.7. The zero-order valence-electron chi connectivity index (χ0n) is 10.8. The van der Waals surface area contributed by atoms with E-state index in [4.69, 9.17) is 11.6 Å². The number of nitrogens with one attached hydrogen (secondary N) is 1. The molecule has 0 amide bonds. The predicted molar refractivity (Wildman–Crippen MR) is 74.9 cm³/mol. The van der Waals surface area contributed by atoms with Crippen LogP contribution in [0.3, 0.4) is 0 Å². The van der Waals surface area contributed by atoms with Crippen LogP contribution in [0, 0.1) is 0 Å². The quantitative estimate of drug-likeness (QED) is 0.924. The van der Waals surface area contributed by atoms with Crippen LogP contribution in [0.25, 0.3) is 0 Å². The molecule has 1 saturated heterocycles. The Morgan fingerprint density at radius 2 is 2.26 bits per heavy atom. The smallest absolute Gasteiger partial charge is 0.198 e. The molecule has 5 heteroatoms. The Hall–Kier alpha value is -1.39. The molecule has 1 N–H and O–H groups in total. The fourth-order valence-corrected chi connectivity index (χ4v) is 2.99. The number of hydrogen-bond acceptors (Lipinski definition) is 4. The van der Waals surface area contributed by atoms with Gasteiger partial charge in [0.05, 0.1) is 6.04 Å². The second-order valence-electron chi connectivity index (χ2n) is 4.87. The fraction of sp³-hybridized carbons (Fsp3) is 0.429. The van der Waals surface area contributed by atoms with E-state index in [9.17, 15) is 4.79 Å². The molecular weight excluding hydrogens is 262 g/mol. The summed E-state index contributed by atoms with van der Waals surface area (Å²) in [4.78, 5) is 16.2. The van der Waals surface area contributed by atoms with Gasteiger partial charge in [-0.25, -0.2) is 4.99 Å². The molecule has 0 spiro atoms. The van der Waals surface area contributed by atoms with Gasteiger partial charge in [-0.05, 0) is 24.5 Å². The van der Waals surface area contributed by atoms with Crippen LogP contribution in [-0.2, 0) is 4.79 Å². The van der Waals surface area contributed by atoms with Gasteiger partial charge >= 0.3 is 0 Å². The largest absolute Gasteiger partial charge is 0.298 e. The van der Waals surface area contributed by atoms with Crippen LogP contribution < -0.4 is 5.43 Å². The highest BCUT2D eigenvalue weighted by Gasteiger charge is 2.40. The third kappa shape index (κ3) is 2.15. The first-order chi connectivity index (χ1) is 9.20. The number of aliphatic imine (C=N–C) groups is 1. The van der Waals surface area contributed by atoms with Gasteiger partial charge in [-0.2, -0.15) is 5.01 Å². The van der Waals surface area contributed by atoms with Crippen LogP contribution in [0.5, 0.6) is 0 Å². The number of fused-ring (bicyclic) bond motifs is 1. The van der Waals surface area contributed by atoms with Crippen LogP contribution in [-0.4, -0.2) is 22.8 Å². The molecule has 0 aromatic heterocycles. The number of carbonyl (C=O) groups excluding carboxylic acids is 1. The average molecular weight is 278 g/mol. The van der Waals surface area contributed by atoms with Gasteiger partial charge in [-0.1, -0.05) is 36.7 Å². The minimum Gasteiger partial charge on any atom is -0.298 e. The Bertz CT molecular complexity index is 543.